The minimum Gasteiger partial charge on any atom is -0.293 e. The van der Waals surface area contributed by atoms with Crippen LogP contribution in [0, 0.1) is 11.3 Å². The number of nitrogens with zero attached hydrogens (tertiary/aromatic N) is 1. The van der Waals surface area contributed by atoms with Crippen LogP contribution >= 0.6 is 0 Å². The van der Waals surface area contributed by atoms with E-state index >= 15 is 0 Å². The molecule has 0 N–H and O–H groups in total. The highest BCUT2D eigenvalue weighted by atomic mass is 14.8. The van der Waals surface area contributed by atoms with Gasteiger partial charge in [0.1, 0.15) is 0 Å². The Kier molecular flexibility index (Phi) is 4.97. The van der Waals surface area contributed by atoms with Crippen LogP contribution in [0.3, 0.4) is 0 Å². The van der Waals surface area contributed by atoms with E-state index < -0.39 is 0 Å². The quantitative estimate of drug-likeness (QED) is 0.453. The van der Waals surface area contributed by atoms with Gasteiger partial charge in [-0.1, -0.05) is 33.8 Å². The minimum absolute atomic E-state index is 0.134. The first-order chi connectivity index (χ1) is 5.93. The van der Waals surface area contributed by atoms with Gasteiger partial charge in [0.2, 0.25) is 0 Å². The predicted octanol–water partition coefficient (Wildman–Crippen LogP) is 3.71. The van der Waals surface area contributed by atoms with Crippen molar-refractivity contribution in [3.8, 4) is 0 Å². The molecule has 0 aliphatic heterocycles. The Morgan fingerprint density at radius 1 is 1.54 bits per heavy atom. The molecule has 1 nitrogen and oxygen atoms in total. The lowest BCUT2D eigenvalue weighted by molar-refractivity contribution is 0.496. The van der Waals surface area contributed by atoms with Gasteiger partial charge < -0.3 is 0 Å². The molecule has 0 heterocycles. The average Bonchev–Trinajstić information content (AvgIpc) is 2.13. The first kappa shape index (κ1) is 12.4. The lowest BCUT2D eigenvalue weighted by Crippen LogP contribution is -2.15. The predicted molar refractivity (Wildman–Crippen MR) is 61.4 cm³/mol. The van der Waals surface area contributed by atoms with Crippen LogP contribution in [0.15, 0.2) is 17.6 Å². The van der Waals surface area contributed by atoms with Crippen molar-refractivity contribution in [3.63, 3.8) is 0 Å². The summed E-state index contributed by atoms with van der Waals surface area (Å²) < 4.78 is 0. The van der Waals surface area contributed by atoms with Crippen molar-refractivity contribution in [2.45, 2.75) is 41.0 Å². The maximum absolute atomic E-state index is 4.58. The van der Waals surface area contributed by atoms with Crippen molar-refractivity contribution < 1.29 is 0 Å². The largest absolute Gasteiger partial charge is 0.293 e. The molecule has 0 bridgehead atoms. The summed E-state index contributed by atoms with van der Waals surface area (Å²) in [6, 6.07) is 0. The van der Waals surface area contributed by atoms with Gasteiger partial charge >= 0.3 is 0 Å². The van der Waals surface area contributed by atoms with Gasteiger partial charge in [0.15, 0.2) is 0 Å². The van der Waals surface area contributed by atoms with Gasteiger partial charge in [-0.05, 0) is 19.3 Å². The zero-order valence-electron chi connectivity index (χ0n) is 9.72. The Bertz CT molecular complexity index is 189. The van der Waals surface area contributed by atoms with Crippen LogP contribution in [0.2, 0.25) is 0 Å². The second-order valence-electron chi connectivity index (χ2n) is 4.46. The summed E-state index contributed by atoms with van der Waals surface area (Å²) in [6.07, 6.45) is 3.14. The van der Waals surface area contributed by atoms with Gasteiger partial charge in [-0.25, -0.2) is 0 Å². The Morgan fingerprint density at radius 3 is 2.46 bits per heavy atom. The third kappa shape index (κ3) is 4.87. The van der Waals surface area contributed by atoms with E-state index in [1.165, 1.54) is 12.1 Å². The monoisotopic (exact) mass is 181 g/mol. The maximum Gasteiger partial charge on any atom is 0.0474 e. The molecular weight excluding hydrogens is 158 g/mol. The van der Waals surface area contributed by atoms with Gasteiger partial charge in [-0.2, -0.15) is 0 Å². The molecule has 13 heavy (non-hydrogen) atoms. The highest BCUT2D eigenvalue weighted by Gasteiger charge is 2.12. The van der Waals surface area contributed by atoms with Crippen molar-refractivity contribution in [3.05, 3.63) is 12.7 Å². The van der Waals surface area contributed by atoms with Gasteiger partial charge in [0, 0.05) is 17.7 Å². The van der Waals surface area contributed by atoms with E-state index in [1.807, 2.05) is 6.08 Å². The summed E-state index contributed by atoms with van der Waals surface area (Å²) in [7, 11) is 0. The Labute approximate surface area is 83.0 Å². The van der Waals surface area contributed by atoms with Gasteiger partial charge in [0.05, 0.1) is 0 Å². The summed E-state index contributed by atoms with van der Waals surface area (Å²) >= 11 is 0. The fourth-order valence-corrected chi connectivity index (χ4v) is 0.844. The molecule has 76 valence electrons. The van der Waals surface area contributed by atoms with Crippen molar-refractivity contribution in [2.24, 2.45) is 16.3 Å². The van der Waals surface area contributed by atoms with E-state index in [9.17, 15) is 0 Å². The van der Waals surface area contributed by atoms with Crippen LogP contribution in [-0.4, -0.2) is 12.3 Å². The van der Waals surface area contributed by atoms with Gasteiger partial charge in [0.25, 0.3) is 0 Å². The fraction of sp³-hybridized carbons (Fsp3) is 0.750. The number of rotatable bonds is 5. The standard InChI is InChI=1S/C12H23N/c1-7-10(3)11(4)13-9-12(5,6)8-2/h8,10H,2,7,9H2,1,3-6H3. The average molecular weight is 181 g/mol. The van der Waals surface area contributed by atoms with E-state index in [0.29, 0.717) is 5.92 Å². The Morgan fingerprint density at radius 2 is 2.08 bits per heavy atom. The fourth-order valence-electron chi connectivity index (χ4n) is 0.844. The van der Waals surface area contributed by atoms with Crippen LogP contribution in [0.5, 0.6) is 0 Å². The van der Waals surface area contributed by atoms with Crippen LogP contribution in [0.25, 0.3) is 0 Å². The smallest absolute Gasteiger partial charge is 0.0474 e. The minimum atomic E-state index is 0.134. The highest BCUT2D eigenvalue weighted by molar-refractivity contribution is 5.84. The molecule has 0 amide bonds. The molecule has 0 radical (unpaired) electrons. The molecule has 0 aliphatic carbocycles. The summed E-state index contributed by atoms with van der Waals surface area (Å²) in [6.45, 7) is 15.5. The van der Waals surface area contributed by atoms with E-state index in [2.05, 4.69) is 46.2 Å². The number of hydrogen-bond acceptors (Lipinski definition) is 1. The second kappa shape index (κ2) is 5.21. The third-order valence-corrected chi connectivity index (χ3v) is 2.61. The number of aliphatic imine (C=N–C) groups is 1. The molecule has 0 aromatic rings. The molecule has 0 aliphatic rings. The Hall–Kier alpha value is -0.590. The second-order valence-corrected chi connectivity index (χ2v) is 4.46. The SMILES string of the molecule is C=CC(C)(C)CN=C(C)C(C)CC. The van der Waals surface area contributed by atoms with E-state index in [1.54, 1.807) is 0 Å². The molecule has 0 fully saturated rings. The van der Waals surface area contributed by atoms with Crippen molar-refractivity contribution in [1.82, 2.24) is 0 Å². The lowest BCUT2D eigenvalue weighted by atomic mass is 9.94. The molecule has 0 saturated carbocycles. The van der Waals surface area contributed by atoms with E-state index in [-0.39, 0.29) is 5.41 Å². The van der Waals surface area contributed by atoms with Gasteiger partial charge in [-0.15, -0.1) is 6.58 Å². The molecule has 0 rings (SSSR count). The molecule has 1 unspecified atom stereocenters. The summed E-state index contributed by atoms with van der Waals surface area (Å²) in [5, 5.41) is 0. The molecule has 0 spiro atoms. The zero-order chi connectivity index (χ0) is 10.5. The van der Waals surface area contributed by atoms with Crippen molar-refractivity contribution >= 4 is 5.71 Å². The van der Waals surface area contributed by atoms with Crippen molar-refractivity contribution in [1.29, 1.82) is 0 Å². The molecule has 0 aromatic heterocycles. The normalized spacial score (nSPS) is 15.6. The van der Waals surface area contributed by atoms with E-state index in [0.717, 1.165) is 6.54 Å². The first-order valence-corrected chi connectivity index (χ1v) is 5.07. The topological polar surface area (TPSA) is 12.4 Å². The molecule has 0 aromatic carbocycles. The molecule has 0 saturated heterocycles. The van der Waals surface area contributed by atoms with Gasteiger partial charge in [-0.3, -0.25) is 4.99 Å². The maximum atomic E-state index is 4.58. The summed E-state index contributed by atoms with van der Waals surface area (Å²) in [5.41, 5.74) is 1.40. The number of hydrogen-bond donors (Lipinski definition) is 0. The first-order valence-electron chi connectivity index (χ1n) is 5.07. The molecule has 1 atom stereocenters. The summed E-state index contributed by atoms with van der Waals surface area (Å²) in [4.78, 5) is 4.58. The molecule has 1 heteroatoms. The van der Waals surface area contributed by atoms with Crippen molar-refractivity contribution in [2.75, 3.05) is 6.54 Å². The van der Waals surface area contributed by atoms with Crippen LogP contribution in [-0.2, 0) is 0 Å². The summed E-state index contributed by atoms with van der Waals surface area (Å²) in [5.74, 6) is 0.612. The van der Waals surface area contributed by atoms with Crippen LogP contribution in [0.1, 0.15) is 41.0 Å². The third-order valence-electron chi connectivity index (χ3n) is 2.61. The van der Waals surface area contributed by atoms with E-state index in [4.69, 9.17) is 0 Å². The highest BCUT2D eigenvalue weighted by Crippen LogP contribution is 2.17. The van der Waals surface area contributed by atoms with Crippen LogP contribution < -0.4 is 0 Å². The molecular formula is C12H23N. The lowest BCUT2D eigenvalue weighted by Gasteiger charge is -2.18. The zero-order valence-corrected chi connectivity index (χ0v) is 9.72. The van der Waals surface area contributed by atoms with Crippen LogP contribution in [0.4, 0.5) is 0 Å². The Balaban J connectivity index is 4.18.